The summed E-state index contributed by atoms with van der Waals surface area (Å²) in [6.45, 7) is 8.68. The zero-order valence-corrected chi connectivity index (χ0v) is 12.4. The van der Waals surface area contributed by atoms with Gasteiger partial charge in [0.1, 0.15) is 0 Å². The number of ether oxygens (including phenoxy) is 1. The number of hydrogen-bond donors (Lipinski definition) is 0. The molecule has 102 valence electrons. The number of Topliss-reactive ketones (excluding diaryl/α,β-unsaturated/α-hetero) is 1. The summed E-state index contributed by atoms with van der Waals surface area (Å²) in [5, 5.41) is 0. The highest BCUT2D eigenvalue weighted by Gasteiger charge is 2.40. The first-order valence-corrected chi connectivity index (χ1v) is 7.14. The largest absolute Gasteiger partial charge is 0.379 e. The lowest BCUT2D eigenvalue weighted by Gasteiger charge is -2.33. The molecule has 0 amide bonds. The van der Waals surface area contributed by atoms with E-state index in [1.54, 1.807) is 7.11 Å². The molecule has 3 atom stereocenters. The Hall–Kier alpha value is -0.630. The fourth-order valence-electron chi connectivity index (χ4n) is 3.58. The molecule has 0 spiro atoms. The molecule has 0 radical (unpaired) electrons. The number of allylic oxidation sites excluding steroid dienone is 2. The molecule has 0 heterocycles. The highest BCUT2D eigenvalue weighted by molar-refractivity contribution is 5.98. The van der Waals surface area contributed by atoms with Gasteiger partial charge in [0.05, 0.1) is 5.60 Å². The molecule has 0 aliphatic heterocycles. The maximum atomic E-state index is 11.9. The van der Waals surface area contributed by atoms with Crippen LogP contribution in [0.4, 0.5) is 0 Å². The van der Waals surface area contributed by atoms with E-state index >= 15 is 0 Å². The fourth-order valence-corrected chi connectivity index (χ4v) is 3.58. The number of carbonyl (C=O) groups excluding carboxylic acids is 1. The van der Waals surface area contributed by atoms with Crippen molar-refractivity contribution in [3.05, 3.63) is 11.1 Å². The number of rotatable bonds is 2. The number of hydrogen-bond acceptors (Lipinski definition) is 2. The third kappa shape index (κ3) is 2.27. The highest BCUT2D eigenvalue weighted by atomic mass is 16.5. The summed E-state index contributed by atoms with van der Waals surface area (Å²) in [5.41, 5.74) is 2.39. The van der Waals surface area contributed by atoms with Gasteiger partial charge in [0.2, 0.25) is 0 Å². The van der Waals surface area contributed by atoms with E-state index < -0.39 is 0 Å². The molecule has 0 aromatic heterocycles. The van der Waals surface area contributed by atoms with Crippen molar-refractivity contribution < 1.29 is 9.53 Å². The van der Waals surface area contributed by atoms with Gasteiger partial charge in [-0.15, -0.1) is 0 Å². The molecule has 2 nitrogen and oxygen atoms in total. The highest BCUT2D eigenvalue weighted by Crippen LogP contribution is 2.46. The Balaban J connectivity index is 2.29. The van der Waals surface area contributed by atoms with E-state index in [9.17, 15) is 4.79 Å². The summed E-state index contributed by atoms with van der Waals surface area (Å²) >= 11 is 0. The summed E-state index contributed by atoms with van der Waals surface area (Å²) in [5.74, 6) is 2.05. The second kappa shape index (κ2) is 4.80. The van der Waals surface area contributed by atoms with Crippen LogP contribution in [0.3, 0.4) is 0 Å². The number of ketones is 1. The minimum absolute atomic E-state index is 0.0898. The van der Waals surface area contributed by atoms with Crippen LogP contribution in [-0.2, 0) is 9.53 Å². The van der Waals surface area contributed by atoms with Gasteiger partial charge in [-0.25, -0.2) is 0 Å². The molecule has 0 saturated heterocycles. The van der Waals surface area contributed by atoms with Gasteiger partial charge in [0.15, 0.2) is 5.78 Å². The average molecular weight is 250 g/mol. The van der Waals surface area contributed by atoms with Crippen LogP contribution in [0.5, 0.6) is 0 Å². The van der Waals surface area contributed by atoms with Crippen LogP contribution in [-0.4, -0.2) is 18.5 Å². The van der Waals surface area contributed by atoms with E-state index in [0.717, 1.165) is 18.4 Å². The Morgan fingerprint density at radius 1 is 1.22 bits per heavy atom. The molecule has 2 aliphatic rings. The van der Waals surface area contributed by atoms with Gasteiger partial charge in [0.25, 0.3) is 0 Å². The van der Waals surface area contributed by atoms with Gasteiger partial charge >= 0.3 is 0 Å². The molecule has 0 bridgehead atoms. The summed E-state index contributed by atoms with van der Waals surface area (Å²) in [6.07, 6.45) is 4.23. The van der Waals surface area contributed by atoms with Gasteiger partial charge in [0, 0.05) is 13.5 Å². The zero-order chi connectivity index (χ0) is 13.5. The lowest BCUT2D eigenvalue weighted by Crippen LogP contribution is -2.33. The van der Waals surface area contributed by atoms with Gasteiger partial charge in [-0.1, -0.05) is 12.5 Å². The van der Waals surface area contributed by atoms with Gasteiger partial charge < -0.3 is 4.74 Å². The molecule has 1 saturated carbocycles. The molecule has 2 rings (SSSR count). The average Bonchev–Trinajstić information content (AvgIpc) is 2.50. The smallest absolute Gasteiger partial charge is 0.159 e. The molecule has 2 heteroatoms. The number of carbonyl (C=O) groups is 1. The van der Waals surface area contributed by atoms with Crippen molar-refractivity contribution in [1.82, 2.24) is 0 Å². The first-order valence-electron chi connectivity index (χ1n) is 7.14. The molecule has 2 aliphatic carbocycles. The van der Waals surface area contributed by atoms with E-state index in [2.05, 4.69) is 20.8 Å². The van der Waals surface area contributed by atoms with Gasteiger partial charge in [-0.05, 0) is 63.4 Å². The van der Waals surface area contributed by atoms with Crippen LogP contribution in [0.2, 0.25) is 0 Å². The second-order valence-corrected chi connectivity index (χ2v) is 6.65. The molecular weight excluding hydrogens is 224 g/mol. The van der Waals surface area contributed by atoms with E-state index in [1.165, 1.54) is 18.4 Å². The third-order valence-electron chi connectivity index (χ3n) is 5.39. The minimum Gasteiger partial charge on any atom is -0.379 e. The van der Waals surface area contributed by atoms with Crippen LogP contribution in [0.15, 0.2) is 11.1 Å². The van der Waals surface area contributed by atoms with Crippen LogP contribution >= 0.6 is 0 Å². The van der Waals surface area contributed by atoms with Crippen molar-refractivity contribution in [2.75, 3.05) is 7.11 Å². The Morgan fingerprint density at radius 3 is 2.50 bits per heavy atom. The Labute approximate surface area is 111 Å². The molecule has 0 aromatic rings. The predicted octanol–water partition coefficient (Wildman–Crippen LogP) is 3.75. The van der Waals surface area contributed by atoms with Crippen molar-refractivity contribution in [3.63, 3.8) is 0 Å². The quantitative estimate of drug-likeness (QED) is 0.746. The van der Waals surface area contributed by atoms with Crippen molar-refractivity contribution in [2.24, 2.45) is 17.8 Å². The second-order valence-electron chi connectivity index (χ2n) is 6.65. The number of fused-ring (bicyclic) bond motifs is 1. The van der Waals surface area contributed by atoms with Gasteiger partial charge in [-0.2, -0.15) is 0 Å². The Bertz CT molecular complexity index is 379. The monoisotopic (exact) mass is 250 g/mol. The van der Waals surface area contributed by atoms with Crippen LogP contribution in [0, 0.1) is 17.8 Å². The molecule has 1 fully saturated rings. The third-order valence-corrected chi connectivity index (χ3v) is 5.39. The Morgan fingerprint density at radius 2 is 1.89 bits per heavy atom. The van der Waals surface area contributed by atoms with E-state index in [-0.39, 0.29) is 5.60 Å². The first-order chi connectivity index (χ1) is 8.36. The Kier molecular flexibility index (Phi) is 3.68. The summed E-state index contributed by atoms with van der Waals surface area (Å²) < 4.78 is 5.67. The zero-order valence-electron chi connectivity index (χ0n) is 12.4. The molecule has 0 unspecified atom stereocenters. The standard InChI is InChI=1S/C16H26O2/c1-10-6-7-12(16(3,4)18-5)8-14-11(2)15(17)9-13(10)14/h10,12-13H,6-9H2,1-5H3/t10-,12+,13-/m1/s1. The molecule has 18 heavy (non-hydrogen) atoms. The van der Waals surface area contributed by atoms with Crippen molar-refractivity contribution in [3.8, 4) is 0 Å². The number of methoxy groups -OCH3 is 1. The lowest BCUT2D eigenvalue weighted by molar-refractivity contribution is -0.115. The minimum atomic E-state index is -0.0898. The van der Waals surface area contributed by atoms with E-state index in [0.29, 0.717) is 23.5 Å². The topological polar surface area (TPSA) is 26.3 Å². The summed E-state index contributed by atoms with van der Waals surface area (Å²) in [7, 11) is 1.80. The van der Waals surface area contributed by atoms with E-state index in [4.69, 9.17) is 4.74 Å². The lowest BCUT2D eigenvalue weighted by atomic mass is 9.82. The first kappa shape index (κ1) is 13.8. The van der Waals surface area contributed by atoms with Gasteiger partial charge in [-0.3, -0.25) is 4.79 Å². The maximum Gasteiger partial charge on any atom is 0.159 e. The van der Waals surface area contributed by atoms with Crippen molar-refractivity contribution in [1.29, 1.82) is 0 Å². The molecule has 0 aromatic carbocycles. The SMILES string of the molecule is COC(C)(C)[C@H]1CC[C@@H](C)[C@H]2CC(=O)C(C)=C2C1. The van der Waals surface area contributed by atoms with Crippen molar-refractivity contribution in [2.45, 2.75) is 59.0 Å². The van der Waals surface area contributed by atoms with Crippen LogP contribution in [0.1, 0.15) is 53.4 Å². The van der Waals surface area contributed by atoms with E-state index in [1.807, 2.05) is 6.92 Å². The predicted molar refractivity (Wildman–Crippen MR) is 73.4 cm³/mol. The van der Waals surface area contributed by atoms with Crippen LogP contribution < -0.4 is 0 Å². The maximum absolute atomic E-state index is 11.9. The molecule has 0 N–H and O–H groups in total. The summed E-state index contributed by atoms with van der Waals surface area (Å²) in [4.78, 5) is 11.9. The molecular formula is C16H26O2. The fraction of sp³-hybridized carbons (Fsp3) is 0.812. The van der Waals surface area contributed by atoms with Crippen molar-refractivity contribution >= 4 is 5.78 Å². The normalized spacial score (nSPS) is 33.6. The van der Waals surface area contributed by atoms with Crippen LogP contribution in [0.25, 0.3) is 0 Å². The summed E-state index contributed by atoms with van der Waals surface area (Å²) in [6, 6.07) is 0.